The van der Waals surface area contributed by atoms with Gasteiger partial charge in [-0.3, -0.25) is 0 Å². The first-order valence-corrected chi connectivity index (χ1v) is 6.99. The highest BCUT2D eigenvalue weighted by atomic mass is 16.5. The van der Waals surface area contributed by atoms with Crippen molar-refractivity contribution in [3.8, 4) is 6.07 Å². The van der Waals surface area contributed by atoms with Crippen LogP contribution in [0.1, 0.15) is 71.6 Å². The van der Waals surface area contributed by atoms with E-state index in [0.717, 1.165) is 6.42 Å². The monoisotopic (exact) mass is 257 g/mol. The molecule has 0 saturated heterocycles. The summed E-state index contributed by atoms with van der Waals surface area (Å²) < 4.78 is 0. The highest BCUT2D eigenvalue weighted by Crippen LogP contribution is 2.20. The topological polar surface area (TPSA) is 84.5 Å². The van der Waals surface area contributed by atoms with Gasteiger partial charge in [-0.2, -0.15) is 5.26 Å². The number of unbranched alkanes of at least 4 members (excludes halogenated alkanes) is 4. The standard InChI is InChI=1S/C13H25N.BH3O3/c1-3-5-7-9-13(11-12-14)10-8-6-4-2;2-1(3)4/h13H,3-11H2,1-2H3;2-4H. The molecule has 0 aliphatic heterocycles. The van der Waals surface area contributed by atoms with Crippen LogP contribution in [-0.4, -0.2) is 22.4 Å². The second kappa shape index (κ2) is 16.4. The molecule has 0 unspecified atom stereocenters. The van der Waals surface area contributed by atoms with E-state index in [1.807, 2.05) is 0 Å². The van der Waals surface area contributed by atoms with Crippen LogP contribution < -0.4 is 0 Å². The number of hydrogen-bond acceptors (Lipinski definition) is 4. The number of nitrogens with zero attached hydrogens (tertiary/aromatic N) is 1. The normalized spacial score (nSPS) is 9.61. The van der Waals surface area contributed by atoms with Gasteiger partial charge in [0.2, 0.25) is 0 Å². The molecule has 3 N–H and O–H groups in total. The smallest absolute Gasteiger partial charge is 0.402 e. The summed E-state index contributed by atoms with van der Waals surface area (Å²) >= 11 is 0. The van der Waals surface area contributed by atoms with Gasteiger partial charge in [0.15, 0.2) is 0 Å². The Labute approximate surface area is 112 Å². The minimum atomic E-state index is -2.17. The molecular weight excluding hydrogens is 229 g/mol. The first kappa shape index (κ1) is 19.8. The molecule has 106 valence electrons. The van der Waals surface area contributed by atoms with Gasteiger partial charge in [0.1, 0.15) is 0 Å². The van der Waals surface area contributed by atoms with Crippen molar-refractivity contribution in [2.45, 2.75) is 71.6 Å². The van der Waals surface area contributed by atoms with Gasteiger partial charge in [-0.25, -0.2) is 0 Å². The first-order chi connectivity index (χ1) is 8.58. The van der Waals surface area contributed by atoms with Crippen molar-refractivity contribution in [1.29, 1.82) is 5.26 Å². The Balaban J connectivity index is 0. The van der Waals surface area contributed by atoms with Gasteiger partial charge in [-0.05, 0) is 18.8 Å². The van der Waals surface area contributed by atoms with Gasteiger partial charge < -0.3 is 15.1 Å². The molecule has 0 aromatic carbocycles. The molecule has 18 heavy (non-hydrogen) atoms. The van der Waals surface area contributed by atoms with Crippen molar-refractivity contribution in [1.82, 2.24) is 0 Å². The molecule has 0 amide bonds. The van der Waals surface area contributed by atoms with Gasteiger partial charge in [0.05, 0.1) is 6.07 Å². The molecule has 5 heteroatoms. The predicted octanol–water partition coefficient (Wildman–Crippen LogP) is 2.63. The van der Waals surface area contributed by atoms with Crippen LogP contribution >= 0.6 is 0 Å². The maximum Gasteiger partial charge on any atom is 0.631 e. The first-order valence-electron chi connectivity index (χ1n) is 6.99. The van der Waals surface area contributed by atoms with Crippen molar-refractivity contribution in [2.24, 2.45) is 5.92 Å². The Morgan fingerprint density at radius 2 is 1.33 bits per heavy atom. The third-order valence-corrected chi connectivity index (χ3v) is 2.81. The molecule has 0 fully saturated rings. The molecule has 0 spiro atoms. The lowest BCUT2D eigenvalue weighted by Gasteiger charge is -2.12. The van der Waals surface area contributed by atoms with Crippen LogP contribution in [0.2, 0.25) is 0 Å². The summed E-state index contributed by atoms with van der Waals surface area (Å²) in [5.74, 6) is 0.679. The van der Waals surface area contributed by atoms with Crippen molar-refractivity contribution in [2.75, 3.05) is 0 Å². The summed E-state index contributed by atoms with van der Waals surface area (Å²) in [6, 6.07) is 2.32. The van der Waals surface area contributed by atoms with E-state index < -0.39 is 7.32 Å². The Hall–Kier alpha value is -0.565. The molecule has 4 nitrogen and oxygen atoms in total. The fraction of sp³-hybridized carbons (Fsp3) is 0.923. The SMILES string of the molecule is CCCCCC(CC#N)CCCCC.OB(O)O. The van der Waals surface area contributed by atoms with Gasteiger partial charge in [0.25, 0.3) is 0 Å². The van der Waals surface area contributed by atoms with Crippen molar-refractivity contribution >= 4 is 7.32 Å². The number of rotatable bonds is 9. The Morgan fingerprint density at radius 3 is 1.61 bits per heavy atom. The second-order valence-corrected chi connectivity index (χ2v) is 4.57. The molecular formula is C13H28BNO3. The summed E-state index contributed by atoms with van der Waals surface area (Å²) in [6.07, 6.45) is 11.2. The molecule has 0 radical (unpaired) electrons. The maximum atomic E-state index is 8.70. The van der Waals surface area contributed by atoms with Crippen molar-refractivity contribution < 1.29 is 15.1 Å². The van der Waals surface area contributed by atoms with E-state index in [9.17, 15) is 0 Å². The van der Waals surface area contributed by atoms with E-state index in [1.54, 1.807) is 0 Å². The molecule has 0 aromatic heterocycles. The van der Waals surface area contributed by atoms with Gasteiger partial charge in [-0.15, -0.1) is 0 Å². The lowest BCUT2D eigenvalue weighted by molar-refractivity contribution is 0.278. The fourth-order valence-electron chi connectivity index (χ4n) is 1.84. The van der Waals surface area contributed by atoms with Crippen LogP contribution in [0.25, 0.3) is 0 Å². The van der Waals surface area contributed by atoms with Crippen molar-refractivity contribution in [3.05, 3.63) is 0 Å². The largest absolute Gasteiger partial charge is 0.631 e. The fourth-order valence-corrected chi connectivity index (χ4v) is 1.84. The zero-order chi connectivity index (χ0) is 14.2. The summed E-state index contributed by atoms with van der Waals surface area (Å²) in [5, 5.41) is 30.2. The van der Waals surface area contributed by atoms with Crippen LogP contribution in [0.4, 0.5) is 0 Å². The van der Waals surface area contributed by atoms with Gasteiger partial charge in [-0.1, -0.05) is 52.4 Å². The quantitative estimate of drug-likeness (QED) is 0.438. The highest BCUT2D eigenvalue weighted by molar-refractivity contribution is 6.30. The second-order valence-electron chi connectivity index (χ2n) is 4.57. The van der Waals surface area contributed by atoms with Gasteiger partial charge >= 0.3 is 7.32 Å². The lowest BCUT2D eigenvalue weighted by Crippen LogP contribution is -2.07. The highest BCUT2D eigenvalue weighted by Gasteiger charge is 2.07. The van der Waals surface area contributed by atoms with Crippen LogP contribution in [0.3, 0.4) is 0 Å². The molecule has 0 heterocycles. The van der Waals surface area contributed by atoms with E-state index in [2.05, 4.69) is 19.9 Å². The lowest BCUT2D eigenvalue weighted by atomic mass is 9.93. The van der Waals surface area contributed by atoms with Crippen LogP contribution in [0.5, 0.6) is 0 Å². The third-order valence-electron chi connectivity index (χ3n) is 2.81. The molecule has 0 saturated carbocycles. The average Bonchev–Trinajstić information content (AvgIpc) is 2.29. The molecule has 0 bridgehead atoms. The Bertz CT molecular complexity index is 182. The van der Waals surface area contributed by atoms with E-state index in [1.165, 1.54) is 51.4 Å². The molecule has 0 aliphatic carbocycles. The summed E-state index contributed by atoms with van der Waals surface area (Å²) in [5.41, 5.74) is 0. The summed E-state index contributed by atoms with van der Waals surface area (Å²) in [6.45, 7) is 4.47. The zero-order valence-corrected chi connectivity index (χ0v) is 11.8. The Morgan fingerprint density at radius 1 is 0.944 bits per heavy atom. The maximum absolute atomic E-state index is 8.70. The minimum Gasteiger partial charge on any atom is -0.402 e. The Kier molecular flexibility index (Phi) is 18.0. The third kappa shape index (κ3) is 20.8. The van der Waals surface area contributed by atoms with E-state index in [-0.39, 0.29) is 0 Å². The van der Waals surface area contributed by atoms with E-state index in [4.69, 9.17) is 20.3 Å². The zero-order valence-electron chi connectivity index (χ0n) is 11.8. The van der Waals surface area contributed by atoms with Crippen LogP contribution in [0.15, 0.2) is 0 Å². The van der Waals surface area contributed by atoms with Gasteiger partial charge in [0, 0.05) is 6.42 Å². The summed E-state index contributed by atoms with van der Waals surface area (Å²) in [7, 11) is -2.17. The molecule has 0 atom stereocenters. The number of nitriles is 1. The molecule has 0 aromatic rings. The van der Waals surface area contributed by atoms with Crippen LogP contribution in [0, 0.1) is 17.2 Å². The van der Waals surface area contributed by atoms with Crippen LogP contribution in [-0.2, 0) is 0 Å². The van der Waals surface area contributed by atoms with E-state index >= 15 is 0 Å². The van der Waals surface area contributed by atoms with E-state index in [0.29, 0.717) is 5.92 Å². The number of hydrogen-bond donors (Lipinski definition) is 3. The average molecular weight is 257 g/mol. The molecule has 0 rings (SSSR count). The predicted molar refractivity (Wildman–Crippen MR) is 74.4 cm³/mol. The molecule has 0 aliphatic rings. The minimum absolute atomic E-state index is 0.679. The van der Waals surface area contributed by atoms with Crippen molar-refractivity contribution in [3.63, 3.8) is 0 Å². The summed E-state index contributed by atoms with van der Waals surface area (Å²) in [4.78, 5) is 0.